The summed E-state index contributed by atoms with van der Waals surface area (Å²) >= 11 is 0. The number of hydrogen-bond acceptors (Lipinski definition) is 3. The fraction of sp³-hybridized carbons (Fsp3) is 0.250. The van der Waals surface area contributed by atoms with E-state index in [2.05, 4.69) is 44.5 Å². The summed E-state index contributed by atoms with van der Waals surface area (Å²) in [6.07, 6.45) is 4.77. The lowest BCUT2D eigenvalue weighted by atomic mass is 9.88. The lowest BCUT2D eigenvalue weighted by molar-refractivity contribution is 0.594. The molecular formula is C16H15FN4. The van der Waals surface area contributed by atoms with Crippen LogP contribution in [-0.2, 0) is 6.42 Å². The van der Waals surface area contributed by atoms with Crippen molar-refractivity contribution in [3.05, 3.63) is 53.7 Å². The van der Waals surface area contributed by atoms with Crippen LogP contribution in [0.2, 0.25) is 0 Å². The SMILES string of the molecule is Fc1cc2c(N[C@H]3CCCc4ccccc43)ncnc2[nH]1. The topological polar surface area (TPSA) is 53.6 Å². The maximum absolute atomic E-state index is 13.4. The number of aromatic nitrogens is 3. The Morgan fingerprint density at radius 2 is 2.14 bits per heavy atom. The normalized spacial score (nSPS) is 17.7. The molecule has 3 aromatic rings. The predicted molar refractivity (Wildman–Crippen MR) is 79.6 cm³/mol. The summed E-state index contributed by atoms with van der Waals surface area (Å²) in [5.41, 5.74) is 3.22. The molecule has 0 spiro atoms. The number of halogens is 1. The molecule has 21 heavy (non-hydrogen) atoms. The molecule has 0 amide bonds. The van der Waals surface area contributed by atoms with E-state index < -0.39 is 5.95 Å². The van der Waals surface area contributed by atoms with E-state index in [0.717, 1.165) is 19.3 Å². The predicted octanol–water partition coefficient (Wildman–Crippen LogP) is 3.59. The molecule has 0 unspecified atom stereocenters. The van der Waals surface area contributed by atoms with E-state index in [0.29, 0.717) is 16.9 Å². The largest absolute Gasteiger partial charge is 0.363 e. The van der Waals surface area contributed by atoms with Gasteiger partial charge in [-0.1, -0.05) is 24.3 Å². The molecule has 2 heterocycles. The van der Waals surface area contributed by atoms with Crippen molar-refractivity contribution in [2.75, 3.05) is 5.32 Å². The maximum Gasteiger partial charge on any atom is 0.193 e. The van der Waals surface area contributed by atoms with Crippen molar-refractivity contribution in [2.24, 2.45) is 0 Å². The van der Waals surface area contributed by atoms with Crippen LogP contribution in [0.15, 0.2) is 36.7 Å². The number of H-pyrrole nitrogens is 1. The lowest BCUT2D eigenvalue weighted by Gasteiger charge is -2.26. The monoisotopic (exact) mass is 282 g/mol. The first-order valence-electron chi connectivity index (χ1n) is 7.15. The summed E-state index contributed by atoms with van der Waals surface area (Å²) in [6.45, 7) is 0. The van der Waals surface area contributed by atoms with Gasteiger partial charge in [-0.3, -0.25) is 0 Å². The van der Waals surface area contributed by atoms with Crippen LogP contribution in [-0.4, -0.2) is 15.0 Å². The Morgan fingerprint density at radius 3 is 3.10 bits per heavy atom. The number of rotatable bonds is 2. The van der Waals surface area contributed by atoms with Crippen LogP contribution < -0.4 is 5.32 Å². The molecule has 0 radical (unpaired) electrons. The van der Waals surface area contributed by atoms with Crippen molar-refractivity contribution in [3.8, 4) is 0 Å². The van der Waals surface area contributed by atoms with Gasteiger partial charge in [0.1, 0.15) is 17.8 Å². The summed E-state index contributed by atoms with van der Waals surface area (Å²) in [7, 11) is 0. The number of hydrogen-bond donors (Lipinski definition) is 2. The summed E-state index contributed by atoms with van der Waals surface area (Å²) in [4.78, 5) is 10.9. The molecule has 106 valence electrons. The van der Waals surface area contributed by atoms with Crippen molar-refractivity contribution >= 4 is 16.9 Å². The van der Waals surface area contributed by atoms with Crippen LogP contribution in [0.3, 0.4) is 0 Å². The van der Waals surface area contributed by atoms with Gasteiger partial charge in [-0.2, -0.15) is 4.39 Å². The Morgan fingerprint density at radius 1 is 1.24 bits per heavy atom. The van der Waals surface area contributed by atoms with Crippen LogP contribution in [0.25, 0.3) is 11.0 Å². The molecule has 1 atom stereocenters. The van der Waals surface area contributed by atoms with Gasteiger partial charge in [-0.05, 0) is 30.4 Å². The first-order chi connectivity index (χ1) is 10.3. The fourth-order valence-electron chi connectivity index (χ4n) is 3.09. The number of nitrogens with one attached hydrogen (secondary N) is 2. The van der Waals surface area contributed by atoms with Gasteiger partial charge in [0.25, 0.3) is 0 Å². The molecule has 5 heteroatoms. The zero-order chi connectivity index (χ0) is 14.2. The van der Waals surface area contributed by atoms with Gasteiger partial charge >= 0.3 is 0 Å². The van der Waals surface area contributed by atoms with Gasteiger partial charge in [0.15, 0.2) is 5.95 Å². The zero-order valence-corrected chi connectivity index (χ0v) is 11.4. The molecule has 2 aromatic heterocycles. The Kier molecular flexibility index (Phi) is 2.84. The third-order valence-corrected chi connectivity index (χ3v) is 4.07. The van der Waals surface area contributed by atoms with Crippen molar-refractivity contribution in [1.29, 1.82) is 0 Å². The molecule has 0 saturated carbocycles. The third kappa shape index (κ3) is 2.14. The van der Waals surface area contributed by atoms with Crippen LogP contribution in [0.1, 0.15) is 30.0 Å². The number of anilines is 1. The Hall–Kier alpha value is -2.43. The number of benzene rings is 1. The molecule has 0 saturated heterocycles. The van der Waals surface area contributed by atoms with Gasteiger partial charge in [0, 0.05) is 6.07 Å². The molecule has 1 aliphatic carbocycles. The minimum absolute atomic E-state index is 0.214. The van der Waals surface area contributed by atoms with Gasteiger partial charge in [-0.25, -0.2) is 9.97 Å². The Balaban J connectivity index is 1.73. The first-order valence-corrected chi connectivity index (χ1v) is 7.15. The summed E-state index contributed by atoms with van der Waals surface area (Å²) in [5.74, 6) is 0.291. The highest BCUT2D eigenvalue weighted by molar-refractivity contribution is 5.87. The van der Waals surface area contributed by atoms with E-state index in [1.54, 1.807) is 0 Å². The molecule has 4 nitrogen and oxygen atoms in total. The molecule has 0 aliphatic heterocycles. The van der Waals surface area contributed by atoms with Gasteiger partial charge < -0.3 is 10.3 Å². The van der Waals surface area contributed by atoms with E-state index in [1.165, 1.54) is 23.5 Å². The van der Waals surface area contributed by atoms with Gasteiger partial charge in [0.05, 0.1) is 11.4 Å². The van der Waals surface area contributed by atoms with E-state index in [9.17, 15) is 4.39 Å². The van der Waals surface area contributed by atoms with Crippen molar-refractivity contribution in [3.63, 3.8) is 0 Å². The third-order valence-electron chi connectivity index (χ3n) is 4.07. The average Bonchev–Trinajstić information content (AvgIpc) is 2.89. The molecule has 2 N–H and O–H groups in total. The molecule has 0 bridgehead atoms. The second kappa shape index (κ2) is 4.84. The fourth-order valence-corrected chi connectivity index (χ4v) is 3.09. The number of aryl methyl sites for hydroxylation is 1. The van der Waals surface area contributed by atoms with E-state index in [-0.39, 0.29) is 6.04 Å². The quantitative estimate of drug-likeness (QED) is 0.755. The van der Waals surface area contributed by atoms with E-state index in [1.807, 2.05) is 0 Å². The first kappa shape index (κ1) is 12.3. The highest BCUT2D eigenvalue weighted by atomic mass is 19.1. The smallest absolute Gasteiger partial charge is 0.193 e. The molecule has 1 aliphatic rings. The minimum atomic E-state index is -0.391. The highest BCUT2D eigenvalue weighted by Crippen LogP contribution is 2.33. The number of fused-ring (bicyclic) bond motifs is 2. The molecule has 4 rings (SSSR count). The van der Waals surface area contributed by atoms with E-state index >= 15 is 0 Å². The van der Waals surface area contributed by atoms with Crippen LogP contribution in [0, 0.1) is 5.95 Å². The van der Waals surface area contributed by atoms with Crippen LogP contribution >= 0.6 is 0 Å². The lowest BCUT2D eigenvalue weighted by Crippen LogP contribution is -2.18. The van der Waals surface area contributed by atoms with Gasteiger partial charge in [0.2, 0.25) is 0 Å². The van der Waals surface area contributed by atoms with Crippen molar-refractivity contribution in [2.45, 2.75) is 25.3 Å². The standard InChI is InChI=1S/C16H15FN4/c17-14-8-12-15(18-9-19-16(12)21-14)20-13-7-3-5-10-4-1-2-6-11(10)13/h1-2,4,6,8-9,13H,3,5,7H2,(H2,18,19,20,21)/t13-/m0/s1. The summed E-state index contributed by atoms with van der Waals surface area (Å²) in [6, 6.07) is 10.1. The van der Waals surface area contributed by atoms with Crippen LogP contribution in [0.4, 0.5) is 10.2 Å². The second-order valence-electron chi connectivity index (χ2n) is 5.39. The minimum Gasteiger partial charge on any atom is -0.363 e. The maximum atomic E-state index is 13.4. The summed E-state index contributed by atoms with van der Waals surface area (Å²) in [5, 5.41) is 4.15. The molecule has 1 aromatic carbocycles. The Labute approximate surface area is 121 Å². The van der Waals surface area contributed by atoms with Crippen molar-refractivity contribution in [1.82, 2.24) is 15.0 Å². The van der Waals surface area contributed by atoms with E-state index in [4.69, 9.17) is 0 Å². The number of nitrogens with zero attached hydrogens (tertiary/aromatic N) is 2. The molecule has 0 fully saturated rings. The van der Waals surface area contributed by atoms with Gasteiger partial charge in [-0.15, -0.1) is 0 Å². The summed E-state index contributed by atoms with van der Waals surface area (Å²) < 4.78 is 13.4. The molecular weight excluding hydrogens is 267 g/mol. The highest BCUT2D eigenvalue weighted by Gasteiger charge is 2.21. The zero-order valence-electron chi connectivity index (χ0n) is 11.4. The number of aromatic amines is 1. The average molecular weight is 282 g/mol. The van der Waals surface area contributed by atoms with Crippen LogP contribution in [0.5, 0.6) is 0 Å². The Bertz CT molecular complexity index is 796. The second-order valence-corrected chi connectivity index (χ2v) is 5.39. The van der Waals surface area contributed by atoms with Crippen molar-refractivity contribution < 1.29 is 4.39 Å².